The van der Waals surface area contributed by atoms with Crippen molar-refractivity contribution in [3.05, 3.63) is 58.6 Å². The highest BCUT2D eigenvalue weighted by atomic mass is 32.2. The molecule has 0 aromatic heterocycles. The lowest BCUT2D eigenvalue weighted by Crippen LogP contribution is -2.00. The van der Waals surface area contributed by atoms with Crippen LogP contribution in [0.4, 0.5) is 5.69 Å². The van der Waals surface area contributed by atoms with E-state index in [1.807, 2.05) is 0 Å². The highest BCUT2D eigenvalue weighted by molar-refractivity contribution is 7.90. The van der Waals surface area contributed by atoms with Crippen LogP contribution < -0.4 is 0 Å². The molecule has 0 heterocycles. The molecule has 0 saturated carbocycles. The average molecular weight is 290 g/mol. The minimum absolute atomic E-state index is 0.107. The Morgan fingerprint density at radius 1 is 1.00 bits per heavy atom. The van der Waals surface area contributed by atoms with Gasteiger partial charge < -0.3 is 0 Å². The van der Waals surface area contributed by atoms with Crippen molar-refractivity contribution in [2.24, 2.45) is 4.40 Å². The van der Waals surface area contributed by atoms with Gasteiger partial charge in [-0.1, -0.05) is 30.3 Å². The van der Waals surface area contributed by atoms with Crippen LogP contribution in [0.2, 0.25) is 0 Å². The van der Waals surface area contributed by atoms with Gasteiger partial charge in [-0.2, -0.15) is 12.8 Å². The Balaban J connectivity index is 2.79. The molecule has 0 aliphatic carbocycles. The second-order valence-electron chi connectivity index (χ2n) is 3.87. The van der Waals surface area contributed by atoms with Crippen LogP contribution in [0.5, 0.6) is 0 Å². The molecule has 0 amide bonds. The van der Waals surface area contributed by atoms with Gasteiger partial charge in [0, 0.05) is 18.3 Å². The van der Waals surface area contributed by atoms with Crippen LogP contribution in [0.15, 0.2) is 57.8 Å². The SMILES string of the molecule is C=NS(=O)(=O)c1ccccc1-c1ccccc1[N+](=O)[O-]. The molecule has 0 aliphatic heterocycles. The number of nitro groups is 1. The van der Waals surface area contributed by atoms with Crippen LogP contribution in [0.1, 0.15) is 0 Å². The van der Waals surface area contributed by atoms with Gasteiger partial charge in [0.25, 0.3) is 15.7 Å². The Labute approximate surface area is 115 Å². The van der Waals surface area contributed by atoms with E-state index in [1.165, 1.54) is 36.4 Å². The third-order valence-electron chi connectivity index (χ3n) is 2.73. The first-order valence-electron chi connectivity index (χ1n) is 5.53. The Morgan fingerprint density at radius 3 is 2.15 bits per heavy atom. The van der Waals surface area contributed by atoms with Gasteiger partial charge >= 0.3 is 0 Å². The highest BCUT2D eigenvalue weighted by Gasteiger charge is 2.22. The molecule has 0 spiro atoms. The maximum Gasteiger partial charge on any atom is 0.282 e. The third kappa shape index (κ3) is 2.43. The van der Waals surface area contributed by atoms with Gasteiger partial charge in [-0.05, 0) is 12.1 Å². The van der Waals surface area contributed by atoms with Gasteiger partial charge in [0.05, 0.1) is 15.4 Å². The van der Waals surface area contributed by atoms with Crippen LogP contribution in [0.3, 0.4) is 0 Å². The van der Waals surface area contributed by atoms with Crippen molar-refractivity contribution in [2.45, 2.75) is 4.90 Å². The standard InChI is InChI=1S/C13H10N2O4S/c1-14-20(18,19)13-9-5-3-7-11(13)10-6-2-4-8-12(10)15(16)17/h2-9H,1H2. The van der Waals surface area contributed by atoms with Crippen molar-refractivity contribution < 1.29 is 13.3 Å². The zero-order chi connectivity index (χ0) is 14.8. The normalized spacial score (nSPS) is 11.0. The fourth-order valence-corrected chi connectivity index (χ4v) is 2.69. The molecule has 20 heavy (non-hydrogen) atoms. The largest absolute Gasteiger partial charge is 0.282 e. The maximum atomic E-state index is 11.9. The number of hydrogen-bond donors (Lipinski definition) is 0. The van der Waals surface area contributed by atoms with E-state index < -0.39 is 14.9 Å². The van der Waals surface area contributed by atoms with Gasteiger partial charge in [0.2, 0.25) is 0 Å². The number of benzene rings is 2. The van der Waals surface area contributed by atoms with E-state index in [1.54, 1.807) is 12.1 Å². The molecule has 0 N–H and O–H groups in total. The summed E-state index contributed by atoms with van der Waals surface area (Å²) in [5.41, 5.74) is 0.284. The summed E-state index contributed by atoms with van der Waals surface area (Å²) in [6.45, 7) is 3.03. The summed E-state index contributed by atoms with van der Waals surface area (Å²) in [5, 5.41) is 11.0. The zero-order valence-electron chi connectivity index (χ0n) is 10.3. The first-order chi connectivity index (χ1) is 9.47. The van der Waals surface area contributed by atoms with Crippen LogP contribution in [-0.4, -0.2) is 20.1 Å². The Kier molecular flexibility index (Phi) is 3.62. The van der Waals surface area contributed by atoms with E-state index in [0.717, 1.165) is 0 Å². The molecular formula is C13H10N2O4S. The van der Waals surface area contributed by atoms with E-state index in [2.05, 4.69) is 11.1 Å². The highest BCUT2D eigenvalue weighted by Crippen LogP contribution is 2.34. The molecule has 0 saturated heterocycles. The van der Waals surface area contributed by atoms with E-state index in [-0.39, 0.29) is 21.7 Å². The van der Waals surface area contributed by atoms with E-state index in [4.69, 9.17) is 0 Å². The Morgan fingerprint density at radius 2 is 1.55 bits per heavy atom. The summed E-state index contributed by atoms with van der Waals surface area (Å²) in [5.74, 6) is 0. The number of sulfonamides is 1. The molecule has 0 radical (unpaired) electrons. The Hall–Kier alpha value is -2.54. The molecule has 0 unspecified atom stereocenters. The first-order valence-corrected chi connectivity index (χ1v) is 6.97. The number of hydrogen-bond acceptors (Lipinski definition) is 4. The van der Waals surface area contributed by atoms with Crippen molar-refractivity contribution in [2.75, 3.05) is 0 Å². The minimum atomic E-state index is -3.93. The minimum Gasteiger partial charge on any atom is -0.258 e. The van der Waals surface area contributed by atoms with Crippen molar-refractivity contribution in [3.8, 4) is 11.1 Å². The van der Waals surface area contributed by atoms with Gasteiger partial charge in [-0.15, -0.1) is 0 Å². The van der Waals surface area contributed by atoms with Crippen molar-refractivity contribution in [1.29, 1.82) is 0 Å². The smallest absolute Gasteiger partial charge is 0.258 e. The molecule has 2 aromatic rings. The lowest BCUT2D eigenvalue weighted by molar-refractivity contribution is -0.384. The summed E-state index contributed by atoms with van der Waals surface area (Å²) < 4.78 is 26.9. The third-order valence-corrected chi connectivity index (χ3v) is 3.98. The summed E-state index contributed by atoms with van der Waals surface area (Å²) in [4.78, 5) is 10.4. The number of rotatable bonds is 4. The van der Waals surface area contributed by atoms with E-state index in [0.29, 0.717) is 0 Å². The van der Waals surface area contributed by atoms with Crippen LogP contribution in [0.25, 0.3) is 11.1 Å². The van der Waals surface area contributed by atoms with Gasteiger partial charge in [0.15, 0.2) is 0 Å². The van der Waals surface area contributed by atoms with Crippen molar-refractivity contribution >= 4 is 22.4 Å². The molecule has 7 heteroatoms. The van der Waals surface area contributed by atoms with Crippen molar-refractivity contribution in [3.63, 3.8) is 0 Å². The zero-order valence-corrected chi connectivity index (χ0v) is 11.1. The second-order valence-corrected chi connectivity index (χ2v) is 5.52. The predicted octanol–water partition coefficient (Wildman–Crippen LogP) is 2.65. The molecule has 6 nitrogen and oxygen atoms in total. The van der Waals surface area contributed by atoms with E-state index >= 15 is 0 Å². The molecule has 2 aromatic carbocycles. The molecule has 0 bridgehead atoms. The summed E-state index contributed by atoms with van der Waals surface area (Å²) in [6, 6.07) is 11.9. The quantitative estimate of drug-likeness (QED) is 0.492. The number of para-hydroxylation sites is 1. The fourth-order valence-electron chi connectivity index (χ4n) is 1.84. The maximum absolute atomic E-state index is 11.9. The first kappa shape index (κ1) is 13.9. The predicted molar refractivity (Wildman–Crippen MR) is 75.3 cm³/mol. The molecular weight excluding hydrogens is 280 g/mol. The topological polar surface area (TPSA) is 89.6 Å². The molecule has 0 fully saturated rings. The molecule has 0 aliphatic rings. The summed E-state index contributed by atoms with van der Waals surface area (Å²) in [7, 11) is -3.93. The lowest BCUT2D eigenvalue weighted by atomic mass is 10.0. The lowest BCUT2D eigenvalue weighted by Gasteiger charge is -2.08. The molecule has 0 atom stereocenters. The fraction of sp³-hybridized carbons (Fsp3) is 0. The van der Waals surface area contributed by atoms with E-state index in [9.17, 15) is 18.5 Å². The molecule has 2 rings (SSSR count). The van der Waals surface area contributed by atoms with Crippen LogP contribution in [0, 0.1) is 10.1 Å². The number of nitrogens with zero attached hydrogens (tertiary/aromatic N) is 2. The number of nitro benzene ring substituents is 1. The van der Waals surface area contributed by atoms with Crippen LogP contribution in [-0.2, 0) is 10.0 Å². The van der Waals surface area contributed by atoms with Gasteiger partial charge in [0.1, 0.15) is 0 Å². The van der Waals surface area contributed by atoms with Gasteiger partial charge in [-0.3, -0.25) is 10.1 Å². The van der Waals surface area contributed by atoms with Gasteiger partial charge in [-0.25, -0.2) is 0 Å². The average Bonchev–Trinajstić information content (AvgIpc) is 2.47. The monoisotopic (exact) mass is 290 g/mol. The summed E-state index contributed by atoms with van der Waals surface area (Å²) >= 11 is 0. The van der Waals surface area contributed by atoms with Crippen LogP contribution >= 0.6 is 0 Å². The summed E-state index contributed by atoms with van der Waals surface area (Å²) in [6.07, 6.45) is 0. The Bertz CT molecular complexity index is 784. The van der Waals surface area contributed by atoms with Crippen molar-refractivity contribution in [1.82, 2.24) is 0 Å². The second kappa shape index (κ2) is 5.22. The molecule has 102 valence electrons.